The van der Waals surface area contributed by atoms with Gasteiger partial charge in [0.2, 0.25) is 0 Å². The normalized spacial score (nSPS) is 29.4. The molecule has 0 saturated carbocycles. The number of likely N-dealkylation sites (N-methyl/N-ethyl adjacent to an activating group) is 1. The summed E-state index contributed by atoms with van der Waals surface area (Å²) >= 11 is 0. The van der Waals surface area contributed by atoms with Crippen molar-refractivity contribution in [1.29, 1.82) is 0 Å². The number of piperidine rings is 1. The third-order valence-electron chi connectivity index (χ3n) is 5.66. The molecule has 2 saturated heterocycles. The minimum Gasteiger partial charge on any atom is -0.368 e. The van der Waals surface area contributed by atoms with Crippen LogP contribution in [0.4, 0.5) is 5.69 Å². The minimum atomic E-state index is 0.131. The molecule has 116 valence electrons. The Morgan fingerprint density at radius 1 is 1.24 bits per heavy atom. The van der Waals surface area contributed by atoms with Crippen molar-refractivity contribution < 1.29 is 0 Å². The van der Waals surface area contributed by atoms with Gasteiger partial charge in [-0.1, -0.05) is 6.07 Å². The highest BCUT2D eigenvalue weighted by atomic mass is 15.3. The smallest absolute Gasteiger partial charge is 0.0548 e. The van der Waals surface area contributed by atoms with Crippen molar-refractivity contribution in [3.63, 3.8) is 0 Å². The van der Waals surface area contributed by atoms with E-state index in [9.17, 15) is 0 Å². The topological polar surface area (TPSA) is 32.5 Å². The molecule has 0 amide bonds. The number of nitrogens with two attached hydrogens (primary N) is 1. The largest absolute Gasteiger partial charge is 0.368 e. The van der Waals surface area contributed by atoms with Crippen LogP contribution < -0.4 is 10.6 Å². The molecule has 3 nitrogen and oxygen atoms in total. The monoisotopic (exact) mass is 287 g/mol. The predicted octanol–water partition coefficient (Wildman–Crippen LogP) is 2.70. The summed E-state index contributed by atoms with van der Waals surface area (Å²) in [4.78, 5) is 5.14. The zero-order valence-corrected chi connectivity index (χ0v) is 13.7. The Labute approximate surface area is 129 Å². The number of rotatable bonds is 3. The van der Waals surface area contributed by atoms with E-state index in [1.807, 2.05) is 0 Å². The maximum atomic E-state index is 6.28. The molecule has 1 aromatic rings. The molecule has 3 rings (SSSR count). The molecule has 0 spiro atoms. The Bertz CT molecular complexity index is 493. The predicted molar refractivity (Wildman–Crippen MR) is 89.9 cm³/mol. The van der Waals surface area contributed by atoms with Crippen LogP contribution in [0.5, 0.6) is 0 Å². The van der Waals surface area contributed by atoms with Gasteiger partial charge in [-0.2, -0.15) is 0 Å². The Morgan fingerprint density at radius 2 is 1.95 bits per heavy atom. The second-order valence-electron chi connectivity index (χ2n) is 7.12. The van der Waals surface area contributed by atoms with Crippen molar-refractivity contribution in [1.82, 2.24) is 4.90 Å². The molecule has 2 aliphatic rings. The number of anilines is 1. The fourth-order valence-corrected chi connectivity index (χ4v) is 4.36. The first-order valence-electron chi connectivity index (χ1n) is 8.30. The number of nitrogens with zero attached hydrogens (tertiary/aromatic N) is 2. The molecule has 2 unspecified atom stereocenters. The Balaban J connectivity index is 1.87. The molecule has 21 heavy (non-hydrogen) atoms. The lowest BCUT2D eigenvalue weighted by molar-refractivity contribution is 0.131. The van der Waals surface area contributed by atoms with Crippen LogP contribution in [0.15, 0.2) is 18.2 Å². The van der Waals surface area contributed by atoms with Crippen LogP contribution in [-0.4, -0.2) is 43.2 Å². The zero-order chi connectivity index (χ0) is 15.0. The highest BCUT2D eigenvalue weighted by Crippen LogP contribution is 2.38. The van der Waals surface area contributed by atoms with E-state index in [1.165, 1.54) is 55.6 Å². The number of benzene rings is 1. The van der Waals surface area contributed by atoms with Crippen molar-refractivity contribution in [3.8, 4) is 0 Å². The summed E-state index contributed by atoms with van der Waals surface area (Å²) in [6.07, 6.45) is 5.11. The number of aryl methyl sites for hydroxylation is 2. The van der Waals surface area contributed by atoms with Gasteiger partial charge in [0.25, 0.3) is 0 Å². The molecule has 3 heteroatoms. The van der Waals surface area contributed by atoms with E-state index < -0.39 is 0 Å². The van der Waals surface area contributed by atoms with Crippen molar-refractivity contribution in [2.45, 2.75) is 51.1 Å². The van der Waals surface area contributed by atoms with E-state index in [0.29, 0.717) is 0 Å². The first kappa shape index (κ1) is 14.9. The van der Waals surface area contributed by atoms with Crippen LogP contribution in [0.3, 0.4) is 0 Å². The third kappa shape index (κ3) is 2.69. The van der Waals surface area contributed by atoms with Crippen molar-refractivity contribution in [3.05, 3.63) is 29.3 Å². The van der Waals surface area contributed by atoms with E-state index >= 15 is 0 Å². The van der Waals surface area contributed by atoms with Gasteiger partial charge in [-0.05, 0) is 69.3 Å². The van der Waals surface area contributed by atoms with Gasteiger partial charge in [0.15, 0.2) is 0 Å². The van der Waals surface area contributed by atoms with Crippen LogP contribution in [0, 0.1) is 13.8 Å². The maximum absolute atomic E-state index is 6.28. The molecule has 2 heterocycles. The summed E-state index contributed by atoms with van der Waals surface area (Å²) in [6, 6.07) is 7.58. The molecule has 0 bridgehead atoms. The maximum Gasteiger partial charge on any atom is 0.0548 e. The quantitative estimate of drug-likeness (QED) is 0.928. The Kier molecular flexibility index (Phi) is 3.98. The Morgan fingerprint density at radius 3 is 2.62 bits per heavy atom. The van der Waals surface area contributed by atoms with Crippen molar-refractivity contribution >= 4 is 5.69 Å². The highest BCUT2D eigenvalue weighted by molar-refractivity contribution is 5.53. The molecule has 0 aliphatic carbocycles. The lowest BCUT2D eigenvalue weighted by Gasteiger charge is -2.50. The van der Waals surface area contributed by atoms with Crippen LogP contribution in [0.2, 0.25) is 0 Å². The average Bonchev–Trinajstić information content (AvgIpc) is 2.92. The van der Waals surface area contributed by atoms with Crippen molar-refractivity contribution in [2.75, 3.05) is 31.6 Å². The molecule has 2 N–H and O–H groups in total. The average molecular weight is 287 g/mol. The third-order valence-corrected chi connectivity index (χ3v) is 5.66. The van der Waals surface area contributed by atoms with Crippen LogP contribution in [0.25, 0.3) is 0 Å². The van der Waals surface area contributed by atoms with Crippen LogP contribution in [0.1, 0.15) is 36.8 Å². The van der Waals surface area contributed by atoms with Gasteiger partial charge in [-0.15, -0.1) is 0 Å². The molecule has 1 aromatic carbocycles. The number of fused-ring (bicyclic) bond motifs is 1. The summed E-state index contributed by atoms with van der Waals surface area (Å²) in [5.74, 6) is 0. The lowest BCUT2D eigenvalue weighted by atomic mass is 9.81. The van der Waals surface area contributed by atoms with Gasteiger partial charge in [0.05, 0.1) is 5.54 Å². The summed E-state index contributed by atoms with van der Waals surface area (Å²) in [6.45, 7) is 7.61. The van der Waals surface area contributed by atoms with Crippen LogP contribution >= 0.6 is 0 Å². The van der Waals surface area contributed by atoms with Crippen LogP contribution in [-0.2, 0) is 0 Å². The fraction of sp³-hybridized carbons (Fsp3) is 0.667. The second kappa shape index (κ2) is 5.62. The van der Waals surface area contributed by atoms with E-state index in [4.69, 9.17) is 5.73 Å². The Hall–Kier alpha value is -1.06. The highest BCUT2D eigenvalue weighted by Gasteiger charge is 2.43. The zero-order valence-electron chi connectivity index (χ0n) is 13.7. The van der Waals surface area contributed by atoms with Gasteiger partial charge < -0.3 is 15.5 Å². The SMILES string of the molecule is Cc1cc(C)cc(N(C)C2(CN)CCN3CCCC3C2)c1. The summed E-state index contributed by atoms with van der Waals surface area (Å²) in [7, 11) is 2.24. The van der Waals surface area contributed by atoms with Gasteiger partial charge in [0.1, 0.15) is 0 Å². The van der Waals surface area contributed by atoms with E-state index in [1.54, 1.807) is 0 Å². The standard InChI is InChI=1S/C18H29N3/c1-14-9-15(2)11-17(10-14)20(3)18(13-19)6-8-21-7-4-5-16(21)12-18/h9-11,16H,4-8,12-13,19H2,1-3H3. The molecule has 2 aliphatic heterocycles. The number of hydrogen-bond acceptors (Lipinski definition) is 3. The fourth-order valence-electron chi connectivity index (χ4n) is 4.36. The summed E-state index contributed by atoms with van der Waals surface area (Å²) in [5.41, 5.74) is 10.4. The number of hydrogen-bond donors (Lipinski definition) is 1. The lowest BCUT2D eigenvalue weighted by Crippen LogP contribution is -2.60. The second-order valence-corrected chi connectivity index (χ2v) is 7.12. The van der Waals surface area contributed by atoms with E-state index in [0.717, 1.165) is 12.6 Å². The molecular weight excluding hydrogens is 258 g/mol. The van der Waals surface area contributed by atoms with Gasteiger partial charge >= 0.3 is 0 Å². The molecule has 0 aromatic heterocycles. The van der Waals surface area contributed by atoms with E-state index in [2.05, 4.69) is 48.9 Å². The first-order valence-corrected chi connectivity index (χ1v) is 8.30. The molecule has 0 radical (unpaired) electrons. The molecule has 2 fully saturated rings. The van der Waals surface area contributed by atoms with Gasteiger partial charge in [-0.25, -0.2) is 0 Å². The summed E-state index contributed by atoms with van der Waals surface area (Å²) in [5, 5.41) is 0. The molecule has 2 atom stereocenters. The van der Waals surface area contributed by atoms with E-state index in [-0.39, 0.29) is 5.54 Å². The van der Waals surface area contributed by atoms with Crippen molar-refractivity contribution in [2.24, 2.45) is 5.73 Å². The van der Waals surface area contributed by atoms with Gasteiger partial charge in [0, 0.05) is 31.9 Å². The minimum absolute atomic E-state index is 0.131. The molecular formula is C18H29N3. The van der Waals surface area contributed by atoms with Gasteiger partial charge in [-0.3, -0.25) is 0 Å². The first-order chi connectivity index (χ1) is 10.0. The summed E-state index contributed by atoms with van der Waals surface area (Å²) < 4.78 is 0.